The summed E-state index contributed by atoms with van der Waals surface area (Å²) in [4.78, 5) is 10.7. The number of halogens is 4. The van der Waals surface area contributed by atoms with Crippen molar-refractivity contribution >= 4 is 12.0 Å². The highest BCUT2D eigenvalue weighted by Gasteiger charge is 2.38. The van der Waals surface area contributed by atoms with Crippen LogP contribution in [-0.4, -0.2) is 34.4 Å². The number of hydrogen-bond donors (Lipinski definition) is 3. The van der Waals surface area contributed by atoms with Gasteiger partial charge in [0.1, 0.15) is 5.82 Å². The minimum atomic E-state index is -4.97. The second kappa shape index (κ2) is 8.84. The van der Waals surface area contributed by atoms with Gasteiger partial charge in [-0.3, -0.25) is 4.79 Å². The molecule has 1 aliphatic rings. The Kier molecular flexibility index (Phi) is 7.00. The molecule has 1 saturated carbocycles. The van der Waals surface area contributed by atoms with E-state index in [-0.39, 0.29) is 18.5 Å². The van der Waals surface area contributed by atoms with Gasteiger partial charge in [-0.05, 0) is 37.0 Å². The summed E-state index contributed by atoms with van der Waals surface area (Å²) in [7, 11) is 0. The molecule has 150 valence electrons. The van der Waals surface area contributed by atoms with Crippen LogP contribution in [0.3, 0.4) is 0 Å². The van der Waals surface area contributed by atoms with Crippen LogP contribution in [-0.2, 0) is 4.79 Å². The Morgan fingerprint density at radius 3 is 2.56 bits per heavy atom. The molecule has 2 rings (SSSR count). The van der Waals surface area contributed by atoms with Crippen molar-refractivity contribution in [1.82, 2.24) is 5.32 Å². The van der Waals surface area contributed by atoms with Crippen molar-refractivity contribution < 1.29 is 32.6 Å². The van der Waals surface area contributed by atoms with Crippen molar-refractivity contribution in [3.63, 3.8) is 0 Å². The number of hydrogen-bond acceptors (Lipinski definition) is 3. The third-order valence-electron chi connectivity index (χ3n) is 4.66. The fourth-order valence-electron chi connectivity index (χ4n) is 3.06. The van der Waals surface area contributed by atoms with Crippen LogP contribution in [0, 0.1) is 5.82 Å². The zero-order chi connectivity index (χ0) is 20.1. The molecular weight excluding hydrogens is 366 g/mol. The van der Waals surface area contributed by atoms with E-state index in [9.17, 15) is 32.6 Å². The summed E-state index contributed by atoms with van der Waals surface area (Å²) < 4.78 is 50.4. The molecule has 0 saturated heterocycles. The van der Waals surface area contributed by atoms with E-state index in [1.165, 1.54) is 18.2 Å². The van der Waals surface area contributed by atoms with Crippen molar-refractivity contribution in [3.05, 3.63) is 41.2 Å². The Bertz CT molecular complexity index is 682. The summed E-state index contributed by atoms with van der Waals surface area (Å²) in [5.74, 6) is -2.61. The zero-order valence-electron chi connectivity index (χ0n) is 14.7. The molecule has 1 fully saturated rings. The van der Waals surface area contributed by atoms with Crippen LogP contribution in [0.5, 0.6) is 0 Å². The molecule has 1 atom stereocenters. The molecular formula is C19H23F4NO3. The van der Waals surface area contributed by atoms with E-state index >= 15 is 0 Å². The minimum Gasteiger partial charge on any atom is -0.388 e. The van der Waals surface area contributed by atoms with E-state index in [0.717, 1.165) is 25.3 Å². The Hall–Kier alpha value is -1.93. The number of rotatable bonds is 6. The van der Waals surface area contributed by atoms with Gasteiger partial charge in [-0.2, -0.15) is 13.2 Å². The molecule has 0 spiro atoms. The monoisotopic (exact) mass is 389 g/mol. The lowest BCUT2D eigenvalue weighted by Gasteiger charge is -2.28. The quantitative estimate of drug-likeness (QED) is 0.651. The number of alkyl halides is 3. The van der Waals surface area contributed by atoms with Gasteiger partial charge in [0.25, 0.3) is 0 Å². The molecule has 1 aromatic carbocycles. The Morgan fingerprint density at radius 2 is 1.93 bits per heavy atom. The molecule has 8 heteroatoms. The third kappa shape index (κ3) is 6.32. The summed E-state index contributed by atoms with van der Waals surface area (Å²) >= 11 is 0. The molecule has 27 heavy (non-hydrogen) atoms. The molecule has 0 aromatic heterocycles. The van der Waals surface area contributed by atoms with Gasteiger partial charge in [0.2, 0.25) is 0 Å². The van der Waals surface area contributed by atoms with Crippen LogP contribution in [0.1, 0.15) is 55.8 Å². The number of carbonyl (C=O) groups is 1. The predicted octanol–water partition coefficient (Wildman–Crippen LogP) is 3.64. The first-order valence-corrected chi connectivity index (χ1v) is 8.85. The van der Waals surface area contributed by atoms with E-state index < -0.39 is 29.6 Å². The summed E-state index contributed by atoms with van der Waals surface area (Å²) in [6, 6.07) is 3.87. The number of nitrogens with one attached hydrogen (secondary N) is 1. The molecule has 0 aliphatic heterocycles. The van der Waals surface area contributed by atoms with Crippen LogP contribution in [0.25, 0.3) is 6.08 Å². The maximum atomic E-state index is 14.0. The molecule has 4 nitrogen and oxygen atoms in total. The molecule has 1 aliphatic carbocycles. The van der Waals surface area contributed by atoms with E-state index in [4.69, 9.17) is 0 Å². The van der Waals surface area contributed by atoms with Crippen molar-refractivity contribution in [3.8, 4) is 0 Å². The molecule has 1 unspecified atom stereocenters. The Morgan fingerprint density at radius 1 is 1.26 bits per heavy atom. The first kappa shape index (κ1) is 21.4. The van der Waals surface area contributed by atoms with Gasteiger partial charge in [0.15, 0.2) is 0 Å². The molecule has 0 bridgehead atoms. The lowest BCUT2D eigenvalue weighted by atomic mass is 9.84. The summed E-state index contributed by atoms with van der Waals surface area (Å²) in [5, 5.41) is 22.2. The van der Waals surface area contributed by atoms with Gasteiger partial charge in [0, 0.05) is 12.1 Å². The highest BCUT2D eigenvalue weighted by Crippen LogP contribution is 2.30. The van der Waals surface area contributed by atoms with E-state index in [1.54, 1.807) is 11.4 Å². The average molecular weight is 389 g/mol. The fraction of sp³-hybridized carbons (Fsp3) is 0.526. The van der Waals surface area contributed by atoms with Crippen LogP contribution < -0.4 is 5.32 Å². The standard InChI is InChI=1S/C19H23F4NO3/c20-15-5-4-14(16(25)7-11-24-17(26)19(21,22)23)12-13(15)6-10-18(27)8-2-1-3-9-18/h4-6,10,12,16,25,27H,1-3,7-9,11H2,(H,24,26)/b10-6+. The van der Waals surface area contributed by atoms with Gasteiger partial charge in [-0.15, -0.1) is 0 Å². The summed E-state index contributed by atoms with van der Waals surface area (Å²) in [6.45, 7) is -0.373. The van der Waals surface area contributed by atoms with Crippen LogP contribution in [0.4, 0.5) is 17.6 Å². The second-order valence-corrected chi connectivity index (χ2v) is 6.84. The molecule has 1 aromatic rings. The zero-order valence-corrected chi connectivity index (χ0v) is 14.7. The van der Waals surface area contributed by atoms with Crippen molar-refractivity contribution in [2.45, 2.75) is 56.4 Å². The highest BCUT2D eigenvalue weighted by molar-refractivity contribution is 5.81. The van der Waals surface area contributed by atoms with Gasteiger partial charge in [-0.1, -0.05) is 37.5 Å². The van der Waals surface area contributed by atoms with E-state index in [2.05, 4.69) is 0 Å². The van der Waals surface area contributed by atoms with Crippen LogP contribution >= 0.6 is 0 Å². The SMILES string of the molecule is O=C(NCCC(O)c1ccc(F)c(/C=C/C2(O)CCCCC2)c1)C(F)(F)F. The molecule has 0 heterocycles. The van der Waals surface area contributed by atoms with Crippen molar-refractivity contribution in [2.75, 3.05) is 6.54 Å². The van der Waals surface area contributed by atoms with Gasteiger partial charge >= 0.3 is 12.1 Å². The lowest BCUT2D eigenvalue weighted by molar-refractivity contribution is -0.173. The van der Waals surface area contributed by atoms with Crippen LogP contribution in [0.2, 0.25) is 0 Å². The van der Waals surface area contributed by atoms with Gasteiger partial charge in [0.05, 0.1) is 11.7 Å². The first-order valence-electron chi connectivity index (χ1n) is 8.85. The normalized spacial score (nSPS) is 18.4. The number of carbonyl (C=O) groups excluding carboxylic acids is 1. The summed E-state index contributed by atoms with van der Waals surface area (Å²) in [5.41, 5.74) is -0.487. The Labute approximate surface area is 154 Å². The van der Waals surface area contributed by atoms with Gasteiger partial charge in [-0.25, -0.2) is 4.39 Å². The van der Waals surface area contributed by atoms with Crippen LogP contribution in [0.15, 0.2) is 24.3 Å². The predicted molar refractivity (Wildman–Crippen MR) is 92.1 cm³/mol. The van der Waals surface area contributed by atoms with Gasteiger partial charge < -0.3 is 15.5 Å². The first-order chi connectivity index (χ1) is 12.6. The maximum absolute atomic E-state index is 14.0. The number of aliphatic hydroxyl groups is 2. The maximum Gasteiger partial charge on any atom is 0.471 e. The van der Waals surface area contributed by atoms with Crippen molar-refractivity contribution in [2.24, 2.45) is 0 Å². The number of aliphatic hydroxyl groups excluding tert-OH is 1. The Balaban J connectivity index is 2.00. The molecule has 0 radical (unpaired) electrons. The largest absolute Gasteiger partial charge is 0.471 e. The summed E-state index contributed by atoms with van der Waals surface area (Å²) in [6.07, 6.45) is 0.780. The van der Waals surface area contributed by atoms with Crippen molar-refractivity contribution in [1.29, 1.82) is 0 Å². The second-order valence-electron chi connectivity index (χ2n) is 6.84. The molecule has 1 amide bonds. The number of benzene rings is 1. The topological polar surface area (TPSA) is 69.6 Å². The van der Waals surface area contributed by atoms with E-state index in [0.29, 0.717) is 18.4 Å². The fourth-order valence-corrected chi connectivity index (χ4v) is 3.06. The minimum absolute atomic E-state index is 0.152. The molecule has 3 N–H and O–H groups in total. The average Bonchev–Trinajstić information content (AvgIpc) is 2.60. The third-order valence-corrected chi connectivity index (χ3v) is 4.66. The lowest BCUT2D eigenvalue weighted by Crippen LogP contribution is -2.37. The smallest absolute Gasteiger partial charge is 0.388 e. The van der Waals surface area contributed by atoms with E-state index in [1.807, 2.05) is 0 Å². The highest BCUT2D eigenvalue weighted by atomic mass is 19.4. The number of amides is 1.